The molecule has 0 bridgehead atoms. The summed E-state index contributed by atoms with van der Waals surface area (Å²) in [6.45, 7) is 10.9. The summed E-state index contributed by atoms with van der Waals surface area (Å²) in [6, 6.07) is 5.54. The highest BCUT2D eigenvalue weighted by atomic mass is 16.5. The fourth-order valence-electron chi connectivity index (χ4n) is 3.07. The molecular formula is C20H30N2O3. The molecule has 1 heterocycles. The summed E-state index contributed by atoms with van der Waals surface area (Å²) in [5.74, 6) is 0.758. The zero-order chi connectivity index (χ0) is 18.6. The molecule has 1 aliphatic rings. The van der Waals surface area contributed by atoms with E-state index in [9.17, 15) is 9.59 Å². The average molecular weight is 346 g/mol. The van der Waals surface area contributed by atoms with Gasteiger partial charge < -0.3 is 15.0 Å². The van der Waals surface area contributed by atoms with Crippen LogP contribution in [0.1, 0.15) is 53.9 Å². The van der Waals surface area contributed by atoms with Crippen LogP contribution < -0.4 is 15.0 Å². The number of carbonyl (C=O) groups excluding carboxylic acids is 2. The van der Waals surface area contributed by atoms with Gasteiger partial charge in [-0.1, -0.05) is 20.8 Å². The molecule has 2 amide bonds. The molecule has 1 aromatic carbocycles. The summed E-state index contributed by atoms with van der Waals surface area (Å²) in [4.78, 5) is 26.9. The molecule has 0 atom stereocenters. The lowest BCUT2D eigenvalue weighted by molar-refractivity contribution is -0.127. The van der Waals surface area contributed by atoms with Crippen LogP contribution in [-0.4, -0.2) is 25.0 Å². The Morgan fingerprint density at radius 2 is 1.96 bits per heavy atom. The molecule has 0 spiro atoms. The molecule has 0 saturated heterocycles. The van der Waals surface area contributed by atoms with Crippen molar-refractivity contribution in [3.05, 3.63) is 18.2 Å². The molecular weight excluding hydrogens is 316 g/mol. The van der Waals surface area contributed by atoms with E-state index in [1.165, 1.54) is 0 Å². The minimum atomic E-state index is -0.576. The van der Waals surface area contributed by atoms with Gasteiger partial charge in [-0.25, -0.2) is 0 Å². The van der Waals surface area contributed by atoms with Crippen LogP contribution in [-0.2, 0) is 9.59 Å². The van der Waals surface area contributed by atoms with Gasteiger partial charge in [0.1, 0.15) is 12.4 Å². The fraction of sp³-hybridized carbons (Fsp3) is 0.600. The molecule has 5 nitrogen and oxygen atoms in total. The Bertz CT molecular complexity index is 636. The number of anilines is 2. The summed E-state index contributed by atoms with van der Waals surface area (Å²) in [5, 5.41) is 2.97. The molecule has 0 fully saturated rings. The largest absolute Gasteiger partial charge is 0.490 e. The van der Waals surface area contributed by atoms with Crippen molar-refractivity contribution in [1.82, 2.24) is 0 Å². The first-order chi connectivity index (χ1) is 11.8. The number of benzene rings is 1. The topological polar surface area (TPSA) is 58.6 Å². The molecule has 25 heavy (non-hydrogen) atoms. The maximum Gasteiger partial charge on any atom is 0.236 e. The third-order valence-corrected chi connectivity index (χ3v) is 4.73. The Kier molecular flexibility index (Phi) is 6.09. The van der Waals surface area contributed by atoms with Gasteiger partial charge in [0.15, 0.2) is 0 Å². The summed E-state index contributed by atoms with van der Waals surface area (Å²) in [5.41, 5.74) is 0.907. The minimum Gasteiger partial charge on any atom is -0.490 e. The number of rotatable bonds is 6. The summed E-state index contributed by atoms with van der Waals surface area (Å²) < 4.78 is 5.93. The number of nitrogens with one attached hydrogen (secondary N) is 1. The number of amides is 2. The number of hydrogen-bond acceptors (Lipinski definition) is 3. The van der Waals surface area contributed by atoms with E-state index in [4.69, 9.17) is 4.74 Å². The van der Waals surface area contributed by atoms with Crippen LogP contribution in [0.3, 0.4) is 0 Å². The highest BCUT2D eigenvalue weighted by Crippen LogP contribution is 2.38. The molecule has 1 N–H and O–H groups in total. The van der Waals surface area contributed by atoms with Gasteiger partial charge in [-0.05, 0) is 45.2 Å². The van der Waals surface area contributed by atoms with Gasteiger partial charge in [-0.2, -0.15) is 0 Å². The Balaban J connectivity index is 2.31. The van der Waals surface area contributed by atoms with Crippen LogP contribution in [0.2, 0.25) is 0 Å². The zero-order valence-electron chi connectivity index (χ0n) is 16.0. The van der Waals surface area contributed by atoms with Crippen molar-refractivity contribution >= 4 is 23.2 Å². The molecule has 0 unspecified atom stereocenters. The van der Waals surface area contributed by atoms with E-state index in [-0.39, 0.29) is 17.7 Å². The Morgan fingerprint density at radius 3 is 2.56 bits per heavy atom. The monoisotopic (exact) mass is 346 g/mol. The van der Waals surface area contributed by atoms with Crippen LogP contribution in [0.15, 0.2) is 18.2 Å². The predicted molar refractivity (Wildman–Crippen MR) is 101 cm³/mol. The molecule has 1 aromatic rings. The highest BCUT2D eigenvalue weighted by Gasteiger charge is 2.37. The Morgan fingerprint density at radius 1 is 1.28 bits per heavy atom. The van der Waals surface area contributed by atoms with E-state index in [0.29, 0.717) is 24.6 Å². The second-order valence-electron chi connectivity index (χ2n) is 7.31. The summed E-state index contributed by atoms with van der Waals surface area (Å²) >= 11 is 0. The van der Waals surface area contributed by atoms with E-state index in [1.54, 1.807) is 4.90 Å². The predicted octanol–water partition coefficient (Wildman–Crippen LogP) is 4.22. The molecule has 138 valence electrons. The lowest BCUT2D eigenvalue weighted by Crippen LogP contribution is -2.42. The van der Waals surface area contributed by atoms with Gasteiger partial charge >= 0.3 is 0 Å². The number of ether oxygens (including phenoxy) is 1. The van der Waals surface area contributed by atoms with E-state index >= 15 is 0 Å². The first-order valence-electron chi connectivity index (χ1n) is 9.23. The van der Waals surface area contributed by atoms with E-state index < -0.39 is 5.41 Å². The quantitative estimate of drug-likeness (QED) is 0.839. The Hall–Kier alpha value is -2.04. The highest BCUT2D eigenvalue weighted by molar-refractivity contribution is 6.00. The SMILES string of the molecule is CCCN1C(=O)C(C)(C)COc2cc(NC(=O)C(CC)CC)ccc21. The van der Waals surface area contributed by atoms with Crippen LogP contribution in [0.5, 0.6) is 5.75 Å². The molecule has 1 aliphatic heterocycles. The third kappa shape index (κ3) is 4.14. The number of hydrogen-bond donors (Lipinski definition) is 1. The van der Waals surface area contributed by atoms with Crippen molar-refractivity contribution < 1.29 is 14.3 Å². The van der Waals surface area contributed by atoms with E-state index in [2.05, 4.69) is 12.2 Å². The first kappa shape index (κ1) is 19.3. The zero-order valence-corrected chi connectivity index (χ0v) is 16.0. The average Bonchev–Trinajstić information content (AvgIpc) is 2.67. The maximum atomic E-state index is 12.8. The Labute approximate surface area is 150 Å². The second-order valence-corrected chi connectivity index (χ2v) is 7.31. The van der Waals surface area contributed by atoms with Crippen molar-refractivity contribution in [3.63, 3.8) is 0 Å². The number of carbonyl (C=O) groups is 2. The van der Waals surface area contributed by atoms with Gasteiger partial charge in [-0.15, -0.1) is 0 Å². The van der Waals surface area contributed by atoms with Crippen molar-refractivity contribution in [3.8, 4) is 5.75 Å². The lowest BCUT2D eigenvalue weighted by atomic mass is 9.93. The van der Waals surface area contributed by atoms with Crippen molar-refractivity contribution in [2.45, 2.75) is 53.9 Å². The van der Waals surface area contributed by atoms with Crippen LogP contribution in [0.25, 0.3) is 0 Å². The molecule has 2 rings (SSSR count). The summed E-state index contributed by atoms with van der Waals surface area (Å²) in [7, 11) is 0. The van der Waals surface area contributed by atoms with Crippen molar-refractivity contribution in [1.29, 1.82) is 0 Å². The van der Waals surface area contributed by atoms with Crippen LogP contribution in [0.4, 0.5) is 11.4 Å². The van der Waals surface area contributed by atoms with Gasteiger partial charge in [0.2, 0.25) is 11.8 Å². The molecule has 0 radical (unpaired) electrons. The van der Waals surface area contributed by atoms with Crippen molar-refractivity contribution in [2.75, 3.05) is 23.4 Å². The van der Waals surface area contributed by atoms with Gasteiger partial charge in [-0.3, -0.25) is 9.59 Å². The van der Waals surface area contributed by atoms with Crippen LogP contribution in [0, 0.1) is 11.3 Å². The third-order valence-electron chi connectivity index (χ3n) is 4.73. The van der Waals surface area contributed by atoms with E-state index in [0.717, 1.165) is 24.9 Å². The van der Waals surface area contributed by atoms with Gasteiger partial charge in [0.05, 0.1) is 11.1 Å². The second kappa shape index (κ2) is 7.89. The smallest absolute Gasteiger partial charge is 0.236 e. The molecule has 0 saturated carbocycles. The first-order valence-corrected chi connectivity index (χ1v) is 9.23. The number of fused-ring (bicyclic) bond motifs is 1. The fourth-order valence-corrected chi connectivity index (χ4v) is 3.07. The normalized spacial score (nSPS) is 16.2. The summed E-state index contributed by atoms with van der Waals surface area (Å²) in [6.07, 6.45) is 2.50. The van der Waals surface area contributed by atoms with Gasteiger partial charge in [0.25, 0.3) is 0 Å². The van der Waals surface area contributed by atoms with Crippen molar-refractivity contribution in [2.24, 2.45) is 11.3 Å². The lowest BCUT2D eigenvalue weighted by Gasteiger charge is -2.27. The standard InChI is InChI=1S/C20H30N2O3/c1-6-11-22-16-10-9-15(21-18(23)14(7-2)8-3)12-17(16)25-13-20(4,5)19(22)24/h9-10,12,14H,6-8,11,13H2,1-5H3,(H,21,23). The molecule has 5 heteroatoms. The van der Waals surface area contributed by atoms with E-state index in [1.807, 2.05) is 45.9 Å². The minimum absolute atomic E-state index is 0.0110. The maximum absolute atomic E-state index is 12.8. The van der Waals surface area contributed by atoms with Gasteiger partial charge in [0, 0.05) is 24.2 Å². The molecule has 0 aliphatic carbocycles. The number of nitrogens with zero attached hydrogens (tertiary/aromatic N) is 1. The van der Waals surface area contributed by atoms with Crippen LogP contribution >= 0.6 is 0 Å². The molecule has 0 aromatic heterocycles.